The van der Waals surface area contributed by atoms with E-state index in [-0.39, 0.29) is 5.56 Å². The maximum Gasteiger partial charge on any atom is 0.252 e. The van der Waals surface area contributed by atoms with Crippen molar-refractivity contribution in [2.45, 2.75) is 0 Å². The molecule has 1 amide bonds. The molecular weight excluding hydrogens is 274 g/mol. The molecule has 0 radical (unpaired) electrons. The van der Waals surface area contributed by atoms with E-state index in [4.69, 9.17) is 11.5 Å². The zero-order chi connectivity index (χ0) is 14.1. The van der Waals surface area contributed by atoms with Crippen LogP contribution in [0.5, 0.6) is 0 Å². The van der Waals surface area contributed by atoms with Gasteiger partial charge in [0.15, 0.2) is 5.13 Å². The summed E-state index contributed by atoms with van der Waals surface area (Å²) < 4.78 is 1.05. The van der Waals surface area contributed by atoms with Crippen LogP contribution in [0.4, 0.5) is 16.6 Å². The monoisotopic (exact) mass is 285 g/mol. The molecule has 1 aromatic carbocycles. The maximum atomic E-state index is 11.4. The molecule has 100 valence electrons. The van der Waals surface area contributed by atoms with Crippen LogP contribution in [0, 0.1) is 0 Å². The Hall–Kier alpha value is -2.67. The first-order chi connectivity index (χ1) is 9.63. The van der Waals surface area contributed by atoms with Crippen molar-refractivity contribution in [3.8, 4) is 0 Å². The molecule has 0 bridgehead atoms. The Labute approximate surface area is 118 Å². The predicted molar refractivity (Wildman–Crippen MR) is 80.1 cm³/mol. The molecule has 0 saturated heterocycles. The summed E-state index contributed by atoms with van der Waals surface area (Å²) in [4.78, 5) is 19.9. The lowest BCUT2D eigenvalue weighted by Gasteiger charge is -2.06. The van der Waals surface area contributed by atoms with Gasteiger partial charge in [0.25, 0.3) is 5.91 Å². The van der Waals surface area contributed by atoms with Gasteiger partial charge in [-0.2, -0.15) is 0 Å². The van der Waals surface area contributed by atoms with Crippen LogP contribution < -0.4 is 16.8 Å². The molecule has 0 aliphatic heterocycles. The number of hydrogen-bond donors (Lipinski definition) is 3. The second kappa shape index (κ2) is 4.78. The van der Waals surface area contributed by atoms with Crippen LogP contribution in [0.15, 0.2) is 36.5 Å². The van der Waals surface area contributed by atoms with Crippen LogP contribution in [0.2, 0.25) is 0 Å². The normalized spacial score (nSPS) is 10.6. The fourth-order valence-electron chi connectivity index (χ4n) is 1.80. The first kappa shape index (κ1) is 12.4. The number of rotatable bonds is 3. The van der Waals surface area contributed by atoms with Crippen molar-refractivity contribution in [2.24, 2.45) is 5.73 Å². The molecular formula is C13H11N5OS. The van der Waals surface area contributed by atoms with Gasteiger partial charge in [0.05, 0.1) is 27.7 Å². The van der Waals surface area contributed by atoms with Crippen LogP contribution in [0.25, 0.3) is 10.2 Å². The number of anilines is 3. The number of benzene rings is 1. The standard InChI is InChI=1S/C13H11N5OS/c14-7-5-8(11(15)19)12(16-6-7)18-13-17-9-3-1-2-4-10(9)20-13/h1-6H,14H2,(H2,15,19)(H,16,17,18). The van der Waals surface area contributed by atoms with Crippen molar-refractivity contribution in [1.29, 1.82) is 0 Å². The van der Waals surface area contributed by atoms with Gasteiger partial charge in [-0.1, -0.05) is 23.5 Å². The maximum absolute atomic E-state index is 11.4. The number of nitrogens with one attached hydrogen (secondary N) is 1. The smallest absolute Gasteiger partial charge is 0.252 e. The van der Waals surface area contributed by atoms with Crippen LogP contribution in [-0.2, 0) is 0 Å². The summed E-state index contributed by atoms with van der Waals surface area (Å²) in [6.07, 6.45) is 1.46. The number of aromatic nitrogens is 2. The number of amides is 1. The number of nitrogen functional groups attached to an aromatic ring is 1. The van der Waals surface area contributed by atoms with Crippen molar-refractivity contribution in [3.05, 3.63) is 42.1 Å². The lowest BCUT2D eigenvalue weighted by atomic mass is 10.2. The molecule has 6 nitrogen and oxygen atoms in total. The highest BCUT2D eigenvalue weighted by Gasteiger charge is 2.12. The average molecular weight is 285 g/mol. The molecule has 0 aliphatic rings. The topological polar surface area (TPSA) is 107 Å². The van der Waals surface area contributed by atoms with Gasteiger partial charge in [0, 0.05) is 0 Å². The summed E-state index contributed by atoms with van der Waals surface area (Å²) in [5.74, 6) is -0.237. The van der Waals surface area contributed by atoms with E-state index in [1.807, 2.05) is 24.3 Å². The van der Waals surface area contributed by atoms with E-state index in [1.54, 1.807) is 0 Å². The number of primary amides is 1. The number of nitrogens with two attached hydrogens (primary N) is 2. The number of carbonyl (C=O) groups is 1. The zero-order valence-corrected chi connectivity index (χ0v) is 11.1. The Kier molecular flexibility index (Phi) is 2.96. The van der Waals surface area contributed by atoms with Crippen LogP contribution in [0.1, 0.15) is 10.4 Å². The molecule has 3 aromatic rings. The number of fused-ring (bicyclic) bond motifs is 1. The lowest BCUT2D eigenvalue weighted by Crippen LogP contribution is -2.14. The summed E-state index contributed by atoms with van der Waals surface area (Å²) in [7, 11) is 0. The first-order valence-electron chi connectivity index (χ1n) is 5.81. The van der Waals surface area contributed by atoms with E-state index in [9.17, 15) is 4.79 Å². The van der Waals surface area contributed by atoms with Gasteiger partial charge in [-0.15, -0.1) is 0 Å². The van der Waals surface area contributed by atoms with Gasteiger partial charge in [-0.3, -0.25) is 4.79 Å². The Morgan fingerprint density at radius 1 is 1.30 bits per heavy atom. The minimum absolute atomic E-state index is 0.240. The van der Waals surface area contributed by atoms with Crippen LogP contribution in [0.3, 0.4) is 0 Å². The van der Waals surface area contributed by atoms with Crippen molar-refractivity contribution in [1.82, 2.24) is 9.97 Å². The highest BCUT2D eigenvalue weighted by Crippen LogP contribution is 2.28. The van der Waals surface area contributed by atoms with E-state index in [2.05, 4.69) is 15.3 Å². The minimum Gasteiger partial charge on any atom is -0.397 e. The number of thiazole rings is 1. The summed E-state index contributed by atoms with van der Waals surface area (Å²) in [5, 5.41) is 3.65. The third kappa shape index (κ3) is 2.26. The lowest BCUT2D eigenvalue weighted by molar-refractivity contribution is 0.100. The Bertz CT molecular complexity index is 765. The second-order valence-electron chi connectivity index (χ2n) is 4.14. The van der Waals surface area contributed by atoms with Crippen molar-refractivity contribution in [3.63, 3.8) is 0 Å². The van der Waals surface area contributed by atoms with Crippen molar-refractivity contribution in [2.75, 3.05) is 11.1 Å². The van der Waals surface area contributed by atoms with Crippen LogP contribution >= 0.6 is 11.3 Å². The van der Waals surface area contributed by atoms with E-state index in [1.165, 1.54) is 23.6 Å². The number of pyridine rings is 1. The van der Waals surface area contributed by atoms with Gasteiger partial charge in [0.2, 0.25) is 0 Å². The highest BCUT2D eigenvalue weighted by molar-refractivity contribution is 7.22. The van der Waals surface area contributed by atoms with Gasteiger partial charge < -0.3 is 16.8 Å². The molecule has 2 heterocycles. The Balaban J connectivity index is 2.00. The molecule has 0 spiro atoms. The SMILES string of the molecule is NC(=O)c1cc(N)cnc1Nc1nc2ccccc2s1. The second-order valence-corrected chi connectivity index (χ2v) is 5.17. The summed E-state index contributed by atoms with van der Waals surface area (Å²) in [6.45, 7) is 0. The largest absolute Gasteiger partial charge is 0.397 e. The van der Waals surface area contributed by atoms with Crippen molar-refractivity contribution < 1.29 is 4.79 Å². The number of carbonyl (C=O) groups excluding carboxylic acids is 1. The Morgan fingerprint density at radius 2 is 2.10 bits per heavy atom. The van der Waals surface area contributed by atoms with Gasteiger partial charge in [0.1, 0.15) is 5.82 Å². The molecule has 0 aliphatic carbocycles. The van der Waals surface area contributed by atoms with Crippen molar-refractivity contribution >= 4 is 44.1 Å². The average Bonchev–Trinajstić information content (AvgIpc) is 2.82. The molecule has 5 N–H and O–H groups in total. The fraction of sp³-hybridized carbons (Fsp3) is 0. The number of hydrogen-bond acceptors (Lipinski definition) is 6. The minimum atomic E-state index is -0.589. The molecule has 7 heteroatoms. The third-order valence-corrected chi connectivity index (χ3v) is 3.65. The zero-order valence-electron chi connectivity index (χ0n) is 10.3. The third-order valence-electron chi connectivity index (χ3n) is 2.69. The Morgan fingerprint density at radius 3 is 2.85 bits per heavy atom. The fourth-order valence-corrected chi connectivity index (χ4v) is 2.66. The molecule has 2 aromatic heterocycles. The number of para-hydroxylation sites is 1. The molecule has 3 rings (SSSR count). The number of nitrogens with zero attached hydrogens (tertiary/aromatic N) is 2. The molecule has 0 unspecified atom stereocenters. The van der Waals surface area contributed by atoms with E-state index in [0.717, 1.165) is 10.2 Å². The quantitative estimate of drug-likeness (QED) is 0.683. The predicted octanol–water partition coefficient (Wildman–Crippen LogP) is 2.12. The van der Waals surface area contributed by atoms with Crippen LogP contribution in [-0.4, -0.2) is 15.9 Å². The summed E-state index contributed by atoms with van der Waals surface area (Å²) in [5.41, 5.74) is 12.4. The first-order valence-corrected chi connectivity index (χ1v) is 6.63. The van der Waals surface area contributed by atoms with E-state index < -0.39 is 5.91 Å². The van der Waals surface area contributed by atoms with Gasteiger partial charge in [-0.25, -0.2) is 9.97 Å². The van der Waals surface area contributed by atoms with E-state index in [0.29, 0.717) is 16.6 Å². The molecule has 0 fully saturated rings. The molecule has 0 saturated carbocycles. The van der Waals surface area contributed by atoms with E-state index >= 15 is 0 Å². The molecule has 20 heavy (non-hydrogen) atoms. The molecule has 0 atom stereocenters. The summed E-state index contributed by atoms with van der Waals surface area (Å²) in [6, 6.07) is 9.25. The van der Waals surface area contributed by atoms with Gasteiger partial charge in [-0.05, 0) is 18.2 Å². The summed E-state index contributed by atoms with van der Waals surface area (Å²) >= 11 is 1.47. The highest BCUT2D eigenvalue weighted by atomic mass is 32.1. The van der Waals surface area contributed by atoms with Gasteiger partial charge >= 0.3 is 0 Å².